The Morgan fingerprint density at radius 3 is 1.36 bits per heavy atom. The number of nitrogens with zero attached hydrogens (tertiary/aromatic N) is 4. The van der Waals surface area contributed by atoms with Crippen LogP contribution in [-0.4, -0.2) is 21.5 Å². The number of aryl methyl sites for hydroxylation is 1. The zero-order chi connectivity index (χ0) is 43.8. The van der Waals surface area contributed by atoms with Gasteiger partial charge in [-0.1, -0.05) is 226 Å². The molecule has 4 nitrogen and oxygen atoms in total. The molecule has 4 heteroatoms. The lowest BCUT2D eigenvalue weighted by atomic mass is 9.95. The van der Waals surface area contributed by atoms with Crippen LogP contribution in [0.25, 0.3) is 73.0 Å². The Kier molecular flexibility index (Phi) is 12.2. The highest BCUT2D eigenvalue weighted by molar-refractivity contribution is 6.13. The van der Waals surface area contributed by atoms with Gasteiger partial charge in [-0.15, -0.1) is 0 Å². The molecule has 9 rings (SSSR count). The summed E-state index contributed by atoms with van der Waals surface area (Å²) in [6.45, 7) is 10.8. The monoisotopic (exact) mass is 824 g/mol. The van der Waals surface area contributed by atoms with E-state index in [1.165, 1.54) is 22.3 Å². The molecule has 0 bridgehead atoms. The van der Waals surface area contributed by atoms with Gasteiger partial charge in [0.15, 0.2) is 11.7 Å². The number of hydrogen-bond donors (Lipinski definition) is 0. The van der Waals surface area contributed by atoms with E-state index in [9.17, 15) is 0 Å². The van der Waals surface area contributed by atoms with Crippen molar-refractivity contribution < 1.29 is 0 Å². The van der Waals surface area contributed by atoms with Crippen LogP contribution in [0.1, 0.15) is 41.7 Å². The molecule has 0 fully saturated rings. The first kappa shape index (κ1) is 41.3. The summed E-state index contributed by atoms with van der Waals surface area (Å²) in [5.41, 5.74) is 18.5. The first-order valence-corrected chi connectivity index (χ1v) is 21.8. The van der Waals surface area contributed by atoms with Crippen molar-refractivity contribution in [3.63, 3.8) is 0 Å². The maximum atomic E-state index is 5.28. The largest absolute Gasteiger partial charge is 0.233 e. The molecule has 9 aromatic rings. The van der Waals surface area contributed by atoms with E-state index in [1.807, 2.05) is 25.1 Å². The molecule has 308 valence electrons. The summed E-state index contributed by atoms with van der Waals surface area (Å²) in [5.74, 6) is 1.26. The van der Waals surface area contributed by atoms with Gasteiger partial charge in [0.1, 0.15) is 0 Å². The lowest BCUT2D eigenvalue weighted by Crippen LogP contribution is -2.05. The molecule has 0 radical (unpaired) electrons. The van der Waals surface area contributed by atoms with Gasteiger partial charge in [-0.05, 0) is 70.3 Å². The van der Waals surface area contributed by atoms with Gasteiger partial charge in [0, 0.05) is 33.5 Å². The van der Waals surface area contributed by atoms with Gasteiger partial charge in [0.2, 0.25) is 0 Å². The van der Waals surface area contributed by atoms with Crippen molar-refractivity contribution in [2.75, 3.05) is 0 Å². The maximum Gasteiger partial charge on any atom is 0.160 e. The molecule has 0 spiro atoms. The Morgan fingerprint density at radius 2 is 0.828 bits per heavy atom. The molecule has 0 aliphatic rings. The standard InChI is InChI=1S/C60H48N4/c1-5-44-17-15-16-24-56(44)58-41(2)57(53-35-31-51(32-36-53)48-20-11-7-12-21-48)63-60(64-58)55-37-27-46(28-38-55)43(4)62-59(54-39-33-52(34-40-54)49-22-13-8-14-23-49)61-42(3)45-25-29-50(30-26-45)47-18-9-6-10-19-47/h6-40H,3,5H2,1-2,4H3. The predicted molar refractivity (Wildman–Crippen MR) is 269 cm³/mol. The lowest BCUT2D eigenvalue weighted by Gasteiger charge is -2.16. The summed E-state index contributed by atoms with van der Waals surface area (Å²) < 4.78 is 0. The normalized spacial score (nSPS) is 11.7. The van der Waals surface area contributed by atoms with Gasteiger partial charge in [-0.3, -0.25) is 0 Å². The second-order valence-electron chi connectivity index (χ2n) is 15.9. The minimum atomic E-state index is 0.586. The summed E-state index contributed by atoms with van der Waals surface area (Å²) in [4.78, 5) is 20.8. The molecule has 0 amide bonds. The number of aliphatic imine (C=N–C) groups is 2. The van der Waals surface area contributed by atoms with Crippen molar-refractivity contribution in [2.45, 2.75) is 27.2 Å². The second kappa shape index (κ2) is 18.9. The fraction of sp³-hybridized carbons (Fsp3) is 0.0667. The molecule has 1 aromatic heterocycles. The smallest absolute Gasteiger partial charge is 0.160 e. The van der Waals surface area contributed by atoms with Crippen LogP contribution in [0.2, 0.25) is 0 Å². The highest BCUT2D eigenvalue weighted by Crippen LogP contribution is 2.35. The predicted octanol–water partition coefficient (Wildman–Crippen LogP) is 15.3. The molecule has 0 N–H and O–H groups in total. The van der Waals surface area contributed by atoms with Gasteiger partial charge in [0.05, 0.1) is 17.1 Å². The lowest BCUT2D eigenvalue weighted by molar-refractivity contribution is 1.11. The van der Waals surface area contributed by atoms with E-state index >= 15 is 0 Å². The van der Waals surface area contributed by atoms with Crippen molar-refractivity contribution in [2.24, 2.45) is 9.98 Å². The van der Waals surface area contributed by atoms with Crippen molar-refractivity contribution in [3.05, 3.63) is 247 Å². The minimum Gasteiger partial charge on any atom is -0.233 e. The van der Waals surface area contributed by atoms with Gasteiger partial charge >= 0.3 is 0 Å². The van der Waals surface area contributed by atoms with Crippen molar-refractivity contribution in [1.82, 2.24) is 9.97 Å². The Labute approximate surface area is 376 Å². The van der Waals surface area contributed by atoms with Crippen LogP contribution in [-0.2, 0) is 6.42 Å². The first-order valence-electron chi connectivity index (χ1n) is 21.8. The van der Waals surface area contributed by atoms with Crippen LogP contribution in [0.5, 0.6) is 0 Å². The molecule has 64 heavy (non-hydrogen) atoms. The van der Waals surface area contributed by atoms with Gasteiger partial charge in [-0.25, -0.2) is 20.0 Å². The van der Waals surface area contributed by atoms with Crippen LogP contribution in [0, 0.1) is 6.92 Å². The van der Waals surface area contributed by atoms with Crippen molar-refractivity contribution >= 4 is 17.2 Å². The minimum absolute atomic E-state index is 0.586. The highest BCUT2D eigenvalue weighted by atomic mass is 14.9. The van der Waals surface area contributed by atoms with Gasteiger partial charge in [0.25, 0.3) is 0 Å². The zero-order valence-electron chi connectivity index (χ0n) is 36.4. The third-order valence-corrected chi connectivity index (χ3v) is 11.7. The molecule has 1 heterocycles. The summed E-state index contributed by atoms with van der Waals surface area (Å²) >= 11 is 0. The average Bonchev–Trinajstić information content (AvgIpc) is 3.37. The van der Waals surface area contributed by atoms with Crippen LogP contribution < -0.4 is 0 Å². The Bertz CT molecular complexity index is 3100. The number of hydrogen-bond acceptors (Lipinski definition) is 3. The topological polar surface area (TPSA) is 50.5 Å². The third kappa shape index (κ3) is 9.09. The Morgan fingerprint density at radius 1 is 0.422 bits per heavy atom. The van der Waals surface area contributed by atoms with E-state index in [1.54, 1.807) is 0 Å². The fourth-order valence-corrected chi connectivity index (χ4v) is 8.06. The SMILES string of the molecule is C=C(N=C(N=C(C)c1ccc(-c2nc(-c3ccc(-c4ccccc4)cc3)c(C)c(-c3ccccc3CC)n2)cc1)c1ccc(-c2ccccc2)cc1)c1ccc(-c2ccccc2)cc1. The van der Waals surface area contributed by atoms with Crippen molar-refractivity contribution in [1.29, 1.82) is 0 Å². The number of amidine groups is 1. The Balaban J connectivity index is 1.07. The molecule has 0 aliphatic carbocycles. The van der Waals surface area contributed by atoms with Crippen LogP contribution in [0.4, 0.5) is 0 Å². The van der Waals surface area contributed by atoms with E-state index in [-0.39, 0.29) is 0 Å². The molecular formula is C60H48N4. The number of rotatable bonds is 11. The van der Waals surface area contributed by atoms with E-state index < -0.39 is 0 Å². The molecule has 0 aliphatic heterocycles. The van der Waals surface area contributed by atoms with Crippen LogP contribution >= 0.6 is 0 Å². The van der Waals surface area contributed by atoms with Gasteiger partial charge < -0.3 is 0 Å². The molecule has 0 saturated carbocycles. The van der Waals surface area contributed by atoms with E-state index in [2.05, 4.69) is 215 Å². The summed E-state index contributed by atoms with van der Waals surface area (Å²) in [5, 5.41) is 0. The second-order valence-corrected chi connectivity index (χ2v) is 15.9. The van der Waals surface area contributed by atoms with Crippen LogP contribution in [0.3, 0.4) is 0 Å². The van der Waals surface area contributed by atoms with E-state index in [0.717, 1.165) is 79.2 Å². The summed E-state index contributed by atoms with van der Waals surface area (Å²) in [6, 6.07) is 73.6. The number of benzene rings is 8. The molecule has 0 atom stereocenters. The zero-order valence-corrected chi connectivity index (χ0v) is 36.4. The fourth-order valence-electron chi connectivity index (χ4n) is 8.06. The maximum absolute atomic E-state index is 5.28. The number of aromatic nitrogens is 2. The van der Waals surface area contributed by atoms with Crippen molar-refractivity contribution in [3.8, 4) is 67.3 Å². The molecule has 0 saturated heterocycles. The van der Waals surface area contributed by atoms with Gasteiger partial charge in [-0.2, -0.15) is 0 Å². The molecule has 8 aromatic carbocycles. The quantitative estimate of drug-likeness (QED) is 0.0963. The average molecular weight is 825 g/mol. The Hall–Kier alpha value is -8.08. The highest BCUT2D eigenvalue weighted by Gasteiger charge is 2.18. The third-order valence-electron chi connectivity index (χ3n) is 11.7. The van der Waals surface area contributed by atoms with E-state index in [0.29, 0.717) is 17.4 Å². The molecular weight excluding hydrogens is 777 g/mol. The summed E-state index contributed by atoms with van der Waals surface area (Å²) in [7, 11) is 0. The van der Waals surface area contributed by atoms with E-state index in [4.69, 9.17) is 20.0 Å². The molecule has 0 unspecified atom stereocenters. The first-order chi connectivity index (χ1) is 31.4. The summed E-state index contributed by atoms with van der Waals surface area (Å²) in [6.07, 6.45) is 0.902. The van der Waals surface area contributed by atoms with Crippen LogP contribution in [0.15, 0.2) is 229 Å².